The molecular formula is C27H22N4+2. The summed E-state index contributed by atoms with van der Waals surface area (Å²) < 4.78 is 4.35. The molecule has 0 aliphatic heterocycles. The molecule has 0 saturated heterocycles. The van der Waals surface area contributed by atoms with Gasteiger partial charge >= 0.3 is 5.82 Å². The molecule has 5 aromatic rings. The van der Waals surface area contributed by atoms with Crippen molar-refractivity contribution < 1.29 is 9.13 Å². The maximum atomic E-state index is 7.72. The number of fused-ring (bicyclic) bond motifs is 2. The first-order valence-electron chi connectivity index (χ1n) is 10.3. The number of rotatable bonds is 2. The van der Waals surface area contributed by atoms with Crippen molar-refractivity contribution in [1.82, 2.24) is 4.98 Å². The van der Waals surface area contributed by atoms with Crippen LogP contribution < -0.4 is 9.13 Å². The smallest absolute Gasteiger partial charge is 0.238 e. The second-order valence-electron chi connectivity index (χ2n) is 7.82. The molecule has 0 aliphatic carbocycles. The highest BCUT2D eigenvalue weighted by atomic mass is 15.0. The Labute approximate surface area is 181 Å². The number of benzene rings is 3. The Morgan fingerprint density at radius 1 is 0.839 bits per heavy atom. The van der Waals surface area contributed by atoms with E-state index in [0.717, 1.165) is 50.1 Å². The van der Waals surface area contributed by atoms with Crippen LogP contribution in [0.3, 0.4) is 0 Å². The lowest BCUT2D eigenvalue weighted by molar-refractivity contribution is -0.636. The third-order valence-corrected chi connectivity index (χ3v) is 5.95. The van der Waals surface area contributed by atoms with Crippen molar-refractivity contribution in [2.75, 3.05) is 0 Å². The van der Waals surface area contributed by atoms with Crippen molar-refractivity contribution >= 4 is 27.5 Å². The zero-order valence-electron chi connectivity index (χ0n) is 17.8. The minimum absolute atomic E-state index is 0.602. The number of aryl methyl sites for hydroxylation is 2. The summed E-state index contributed by atoms with van der Waals surface area (Å²) >= 11 is 0. The minimum atomic E-state index is 0.602. The maximum absolute atomic E-state index is 7.72. The monoisotopic (exact) mass is 402 g/mol. The molecule has 0 fully saturated rings. The lowest BCUT2D eigenvalue weighted by Gasteiger charge is -2.11. The fourth-order valence-corrected chi connectivity index (χ4v) is 4.32. The molecule has 0 aliphatic rings. The fourth-order valence-electron chi connectivity index (χ4n) is 4.32. The van der Waals surface area contributed by atoms with Gasteiger partial charge in [0.1, 0.15) is 5.52 Å². The summed E-state index contributed by atoms with van der Waals surface area (Å²) in [5, 5.41) is 2.25. The molecule has 0 N–H and O–H groups in total. The second-order valence-corrected chi connectivity index (χ2v) is 7.82. The summed E-state index contributed by atoms with van der Waals surface area (Å²) in [5.74, 6) is 0.849. The molecule has 0 saturated carbocycles. The van der Waals surface area contributed by atoms with E-state index in [-0.39, 0.29) is 0 Å². The predicted octanol–water partition coefficient (Wildman–Crippen LogP) is 5.32. The van der Waals surface area contributed by atoms with Crippen LogP contribution in [0.25, 0.3) is 43.7 Å². The van der Waals surface area contributed by atoms with Crippen molar-refractivity contribution in [3.63, 3.8) is 0 Å². The SMILES string of the molecule is [C-]#[N+]c1cc(-c2ncc3ccccc3[n+]2C)c(C)c(-[n+]2c(C)ccc3ccccc32)c1. The molecule has 148 valence electrons. The van der Waals surface area contributed by atoms with Crippen LogP contribution in [0.2, 0.25) is 0 Å². The Hall–Kier alpha value is -4.10. The summed E-state index contributed by atoms with van der Waals surface area (Å²) in [6.45, 7) is 11.9. The molecule has 5 rings (SSSR count). The van der Waals surface area contributed by atoms with Crippen LogP contribution in [0.1, 0.15) is 11.3 Å². The van der Waals surface area contributed by atoms with E-state index in [0.29, 0.717) is 5.69 Å². The summed E-state index contributed by atoms with van der Waals surface area (Å²) in [7, 11) is 2.03. The van der Waals surface area contributed by atoms with Crippen molar-refractivity contribution in [1.29, 1.82) is 0 Å². The van der Waals surface area contributed by atoms with E-state index in [4.69, 9.17) is 11.6 Å². The quantitative estimate of drug-likeness (QED) is 0.290. The summed E-state index contributed by atoms with van der Waals surface area (Å²) in [4.78, 5) is 8.57. The number of pyridine rings is 1. The van der Waals surface area contributed by atoms with E-state index in [1.54, 1.807) is 0 Å². The van der Waals surface area contributed by atoms with Gasteiger partial charge in [0.25, 0.3) is 0 Å². The Balaban J connectivity index is 1.85. The molecule has 2 aromatic heterocycles. The van der Waals surface area contributed by atoms with Crippen LogP contribution in [0, 0.1) is 20.4 Å². The Kier molecular flexibility index (Phi) is 4.45. The Morgan fingerprint density at radius 3 is 2.32 bits per heavy atom. The van der Waals surface area contributed by atoms with Gasteiger partial charge in [0.15, 0.2) is 17.6 Å². The average molecular weight is 403 g/mol. The van der Waals surface area contributed by atoms with Gasteiger partial charge in [-0.1, -0.05) is 24.3 Å². The first-order chi connectivity index (χ1) is 15.1. The van der Waals surface area contributed by atoms with Crippen LogP contribution in [-0.2, 0) is 7.05 Å². The van der Waals surface area contributed by atoms with Crippen molar-refractivity contribution in [2.45, 2.75) is 13.8 Å². The molecule has 3 aromatic carbocycles. The molecule has 0 amide bonds. The molecule has 0 radical (unpaired) electrons. The van der Waals surface area contributed by atoms with Gasteiger partial charge < -0.3 is 0 Å². The standard InChI is InChI=1S/C27H22N4/c1-18-13-14-20-9-5-8-12-25(20)31(18)26-16-22(28-3)15-23(19(26)2)27-29-17-21-10-6-7-11-24(21)30(27)4/h5-17H,1-2,4H3/q+2. The van der Waals surface area contributed by atoms with Gasteiger partial charge in [0.2, 0.25) is 11.2 Å². The number of hydrogen-bond donors (Lipinski definition) is 0. The first-order valence-corrected chi connectivity index (χ1v) is 10.3. The minimum Gasteiger partial charge on any atom is -0.238 e. The lowest BCUT2D eigenvalue weighted by atomic mass is 10.0. The second kappa shape index (κ2) is 7.30. The molecule has 0 spiro atoms. The molecule has 2 heterocycles. The maximum Gasteiger partial charge on any atom is 0.329 e. The molecule has 0 atom stereocenters. The molecule has 0 bridgehead atoms. The van der Waals surface area contributed by atoms with Crippen LogP contribution in [0.5, 0.6) is 0 Å². The molecule has 0 unspecified atom stereocenters. The largest absolute Gasteiger partial charge is 0.329 e. The lowest BCUT2D eigenvalue weighted by Crippen LogP contribution is -2.37. The molecular weight excluding hydrogens is 380 g/mol. The number of aromatic nitrogens is 3. The number of nitrogens with zero attached hydrogens (tertiary/aromatic N) is 4. The number of para-hydroxylation sites is 2. The molecule has 31 heavy (non-hydrogen) atoms. The van der Waals surface area contributed by atoms with E-state index < -0.39 is 0 Å². The van der Waals surface area contributed by atoms with Gasteiger partial charge in [-0.2, -0.15) is 4.57 Å². The van der Waals surface area contributed by atoms with Gasteiger partial charge in [0, 0.05) is 36.1 Å². The van der Waals surface area contributed by atoms with Crippen molar-refractivity contribution in [2.24, 2.45) is 7.05 Å². The third kappa shape index (κ3) is 3.03. The van der Waals surface area contributed by atoms with E-state index >= 15 is 0 Å². The summed E-state index contributed by atoms with van der Waals surface area (Å²) in [5.41, 5.74) is 7.01. The molecule has 4 nitrogen and oxygen atoms in total. The van der Waals surface area contributed by atoms with Gasteiger partial charge in [-0.3, -0.25) is 0 Å². The Bertz CT molecular complexity index is 1530. The van der Waals surface area contributed by atoms with Crippen LogP contribution >= 0.6 is 0 Å². The van der Waals surface area contributed by atoms with E-state index in [1.165, 1.54) is 0 Å². The Morgan fingerprint density at radius 2 is 1.55 bits per heavy atom. The topological polar surface area (TPSA) is 25.0 Å². The van der Waals surface area contributed by atoms with E-state index in [2.05, 4.69) is 76.4 Å². The summed E-state index contributed by atoms with van der Waals surface area (Å²) in [6.07, 6.45) is 1.91. The number of hydrogen-bond acceptors (Lipinski definition) is 1. The average Bonchev–Trinajstić information content (AvgIpc) is 2.80. The summed E-state index contributed by atoms with van der Waals surface area (Å²) in [6, 6.07) is 24.8. The third-order valence-electron chi connectivity index (χ3n) is 5.95. The first kappa shape index (κ1) is 18.9. The van der Waals surface area contributed by atoms with Crippen LogP contribution in [0.15, 0.2) is 79.0 Å². The van der Waals surface area contributed by atoms with Gasteiger partial charge in [-0.15, -0.1) is 0 Å². The van der Waals surface area contributed by atoms with E-state index in [1.807, 2.05) is 37.5 Å². The van der Waals surface area contributed by atoms with Gasteiger partial charge in [0.05, 0.1) is 24.6 Å². The fraction of sp³-hybridized carbons (Fsp3) is 0.111. The van der Waals surface area contributed by atoms with Gasteiger partial charge in [-0.25, -0.2) is 9.41 Å². The highest BCUT2D eigenvalue weighted by Crippen LogP contribution is 2.30. The van der Waals surface area contributed by atoms with Crippen LogP contribution in [0.4, 0.5) is 5.69 Å². The zero-order chi connectivity index (χ0) is 21.5. The normalized spacial score (nSPS) is 11.0. The van der Waals surface area contributed by atoms with Crippen molar-refractivity contribution in [3.8, 4) is 17.1 Å². The zero-order valence-corrected chi connectivity index (χ0v) is 17.8. The predicted molar refractivity (Wildman–Crippen MR) is 123 cm³/mol. The van der Waals surface area contributed by atoms with Crippen LogP contribution in [-0.4, -0.2) is 4.98 Å². The molecule has 4 heteroatoms. The highest BCUT2D eigenvalue weighted by Gasteiger charge is 2.26. The van der Waals surface area contributed by atoms with Crippen molar-refractivity contribution in [3.05, 3.63) is 102 Å². The van der Waals surface area contributed by atoms with E-state index in [9.17, 15) is 0 Å². The van der Waals surface area contributed by atoms with Gasteiger partial charge in [-0.05, 0) is 42.2 Å². The highest BCUT2D eigenvalue weighted by molar-refractivity contribution is 5.79.